The van der Waals surface area contributed by atoms with Crippen LogP contribution in [-0.2, 0) is 9.53 Å². The molecule has 2 N–H and O–H groups in total. The zero-order valence-corrected chi connectivity index (χ0v) is 12.0. The highest BCUT2D eigenvalue weighted by Gasteiger charge is 2.53. The summed E-state index contributed by atoms with van der Waals surface area (Å²) < 4.78 is 5.69. The monoisotopic (exact) mass is 269 g/mol. The maximum absolute atomic E-state index is 11.7. The van der Waals surface area contributed by atoms with Gasteiger partial charge in [0.2, 0.25) is 0 Å². The number of hydrogen-bond donors (Lipinski definition) is 2. The Hall–Kier alpha value is -0.610. The van der Waals surface area contributed by atoms with Crippen molar-refractivity contribution in [3.05, 3.63) is 0 Å². The molecule has 2 aliphatic rings. The first kappa shape index (κ1) is 14.8. The molecule has 0 spiro atoms. The fraction of sp³-hybridized carbons (Fsp3) is 0.933. The van der Waals surface area contributed by atoms with Gasteiger partial charge < -0.3 is 9.84 Å². The van der Waals surface area contributed by atoms with Gasteiger partial charge in [-0.1, -0.05) is 26.2 Å². The van der Waals surface area contributed by atoms with Crippen molar-refractivity contribution in [1.82, 2.24) is 5.32 Å². The molecule has 0 amide bonds. The predicted octanol–water partition coefficient (Wildman–Crippen LogP) is 2.57. The summed E-state index contributed by atoms with van der Waals surface area (Å²) in [7, 11) is 0. The largest absolute Gasteiger partial charge is 0.480 e. The molecule has 0 aromatic heterocycles. The number of carboxylic acid groups (broad SMARTS) is 1. The summed E-state index contributed by atoms with van der Waals surface area (Å²) in [6.45, 7) is 3.20. The number of carboxylic acids is 1. The summed E-state index contributed by atoms with van der Waals surface area (Å²) in [5, 5.41) is 13.0. The Morgan fingerprint density at radius 2 is 2.00 bits per heavy atom. The lowest BCUT2D eigenvalue weighted by Crippen LogP contribution is -2.58. The van der Waals surface area contributed by atoms with E-state index in [0.29, 0.717) is 19.3 Å². The van der Waals surface area contributed by atoms with Crippen LogP contribution in [0.5, 0.6) is 0 Å². The molecule has 110 valence electrons. The molecular weight excluding hydrogens is 242 g/mol. The standard InChI is InChI=1S/C15H27NO3/c1-2-3-4-5-10-19-11-15(14(17)18,12-6-7-12)16-13-8-9-13/h12-13,16H,2-11H2,1H3,(H,17,18). The number of hydrogen-bond acceptors (Lipinski definition) is 3. The third-order valence-electron chi connectivity index (χ3n) is 4.17. The smallest absolute Gasteiger partial charge is 0.326 e. The molecule has 0 aromatic rings. The number of nitrogens with one attached hydrogen (secondary N) is 1. The van der Waals surface area contributed by atoms with Gasteiger partial charge >= 0.3 is 5.97 Å². The Kier molecular flexibility index (Phi) is 5.22. The summed E-state index contributed by atoms with van der Waals surface area (Å²) in [4.78, 5) is 11.7. The van der Waals surface area contributed by atoms with Gasteiger partial charge in [-0.15, -0.1) is 0 Å². The van der Waals surface area contributed by atoms with E-state index in [0.717, 1.165) is 32.1 Å². The van der Waals surface area contributed by atoms with Gasteiger partial charge in [-0.05, 0) is 38.0 Å². The highest BCUT2D eigenvalue weighted by atomic mass is 16.5. The van der Waals surface area contributed by atoms with E-state index >= 15 is 0 Å². The van der Waals surface area contributed by atoms with Crippen LogP contribution < -0.4 is 5.32 Å². The first-order chi connectivity index (χ1) is 9.19. The zero-order chi connectivity index (χ0) is 13.7. The van der Waals surface area contributed by atoms with Gasteiger partial charge in [-0.25, -0.2) is 0 Å². The van der Waals surface area contributed by atoms with Crippen LogP contribution in [0.2, 0.25) is 0 Å². The molecule has 2 rings (SSSR count). The third kappa shape index (κ3) is 4.18. The van der Waals surface area contributed by atoms with Gasteiger partial charge in [0.15, 0.2) is 0 Å². The maximum Gasteiger partial charge on any atom is 0.326 e. The van der Waals surface area contributed by atoms with Crippen LogP contribution in [0.25, 0.3) is 0 Å². The van der Waals surface area contributed by atoms with Crippen LogP contribution in [0, 0.1) is 5.92 Å². The highest BCUT2D eigenvalue weighted by molar-refractivity contribution is 5.80. The summed E-state index contributed by atoms with van der Waals surface area (Å²) in [5.74, 6) is -0.461. The number of ether oxygens (including phenoxy) is 1. The van der Waals surface area contributed by atoms with Crippen molar-refractivity contribution in [2.24, 2.45) is 5.92 Å². The molecule has 2 fully saturated rings. The minimum atomic E-state index is -0.814. The molecular formula is C15H27NO3. The lowest BCUT2D eigenvalue weighted by atomic mass is 9.94. The van der Waals surface area contributed by atoms with Crippen LogP contribution in [0.4, 0.5) is 0 Å². The molecule has 0 heterocycles. The summed E-state index contributed by atoms with van der Waals surface area (Å²) >= 11 is 0. The van der Waals surface area contributed by atoms with E-state index in [1.54, 1.807) is 0 Å². The normalized spacial score (nSPS) is 22.2. The van der Waals surface area contributed by atoms with Crippen molar-refractivity contribution in [2.45, 2.75) is 69.9 Å². The van der Waals surface area contributed by atoms with E-state index in [1.165, 1.54) is 19.3 Å². The minimum absolute atomic E-state index is 0.265. The van der Waals surface area contributed by atoms with Crippen LogP contribution in [0.1, 0.15) is 58.3 Å². The SMILES string of the molecule is CCCCCCOCC(NC1CC1)(C(=O)O)C1CC1. The maximum atomic E-state index is 11.7. The number of unbranched alkanes of at least 4 members (excludes halogenated alkanes) is 3. The predicted molar refractivity (Wildman–Crippen MR) is 74.2 cm³/mol. The Morgan fingerprint density at radius 3 is 2.53 bits per heavy atom. The number of aliphatic carboxylic acids is 1. The van der Waals surface area contributed by atoms with E-state index in [9.17, 15) is 9.90 Å². The fourth-order valence-corrected chi connectivity index (χ4v) is 2.61. The average molecular weight is 269 g/mol. The second kappa shape index (κ2) is 6.71. The number of carbonyl (C=O) groups is 1. The van der Waals surface area contributed by atoms with E-state index in [2.05, 4.69) is 12.2 Å². The van der Waals surface area contributed by atoms with E-state index in [-0.39, 0.29) is 5.92 Å². The van der Waals surface area contributed by atoms with E-state index in [1.807, 2.05) is 0 Å². The molecule has 1 unspecified atom stereocenters. The third-order valence-corrected chi connectivity index (χ3v) is 4.17. The molecule has 0 aliphatic heterocycles. The van der Waals surface area contributed by atoms with Crippen molar-refractivity contribution < 1.29 is 14.6 Å². The Labute approximate surface area is 115 Å². The van der Waals surface area contributed by atoms with Gasteiger partial charge in [0.25, 0.3) is 0 Å². The summed E-state index contributed by atoms with van der Waals surface area (Å²) in [6, 6.07) is 0.403. The highest BCUT2D eigenvalue weighted by Crippen LogP contribution is 2.42. The quantitative estimate of drug-likeness (QED) is 0.566. The molecule has 0 saturated heterocycles. The average Bonchev–Trinajstić information content (AvgIpc) is 3.25. The van der Waals surface area contributed by atoms with Gasteiger partial charge in [-0.3, -0.25) is 10.1 Å². The van der Waals surface area contributed by atoms with Crippen molar-refractivity contribution in [1.29, 1.82) is 0 Å². The molecule has 2 saturated carbocycles. The molecule has 2 aliphatic carbocycles. The van der Waals surface area contributed by atoms with Gasteiger partial charge in [-0.2, -0.15) is 0 Å². The Morgan fingerprint density at radius 1 is 1.26 bits per heavy atom. The Balaban J connectivity index is 1.77. The van der Waals surface area contributed by atoms with Gasteiger partial charge in [0.1, 0.15) is 5.54 Å². The lowest BCUT2D eigenvalue weighted by Gasteiger charge is -2.30. The van der Waals surface area contributed by atoms with Crippen molar-refractivity contribution in [3.8, 4) is 0 Å². The van der Waals surface area contributed by atoms with Crippen LogP contribution >= 0.6 is 0 Å². The molecule has 19 heavy (non-hydrogen) atoms. The molecule has 1 atom stereocenters. The Bertz CT molecular complexity index is 300. The lowest BCUT2D eigenvalue weighted by molar-refractivity contribution is -0.149. The molecule has 4 heteroatoms. The van der Waals surface area contributed by atoms with Gasteiger partial charge in [0.05, 0.1) is 6.61 Å². The van der Waals surface area contributed by atoms with E-state index < -0.39 is 11.5 Å². The first-order valence-corrected chi connectivity index (χ1v) is 7.78. The molecule has 0 radical (unpaired) electrons. The molecule has 0 bridgehead atoms. The second-order valence-corrected chi connectivity index (χ2v) is 6.08. The minimum Gasteiger partial charge on any atom is -0.480 e. The second-order valence-electron chi connectivity index (χ2n) is 6.08. The van der Waals surface area contributed by atoms with Crippen LogP contribution in [-0.4, -0.2) is 35.9 Å². The van der Waals surface area contributed by atoms with Crippen molar-refractivity contribution in [3.63, 3.8) is 0 Å². The van der Waals surface area contributed by atoms with Crippen LogP contribution in [0.15, 0.2) is 0 Å². The van der Waals surface area contributed by atoms with Crippen LogP contribution in [0.3, 0.4) is 0 Å². The summed E-state index contributed by atoms with van der Waals surface area (Å²) in [6.07, 6.45) is 8.92. The van der Waals surface area contributed by atoms with E-state index in [4.69, 9.17) is 4.74 Å². The van der Waals surface area contributed by atoms with Crippen molar-refractivity contribution in [2.75, 3.05) is 13.2 Å². The fourth-order valence-electron chi connectivity index (χ4n) is 2.61. The van der Waals surface area contributed by atoms with Gasteiger partial charge in [0, 0.05) is 12.6 Å². The van der Waals surface area contributed by atoms with Crippen molar-refractivity contribution >= 4 is 5.97 Å². The number of rotatable bonds is 11. The summed E-state index contributed by atoms with van der Waals surface area (Å²) in [5.41, 5.74) is -0.814. The molecule has 0 aromatic carbocycles. The topological polar surface area (TPSA) is 58.6 Å². The molecule has 4 nitrogen and oxygen atoms in total. The first-order valence-electron chi connectivity index (χ1n) is 7.78. The zero-order valence-electron chi connectivity index (χ0n) is 12.0.